The third kappa shape index (κ3) is 5.05. The molecule has 0 aliphatic heterocycles. The molecular weight excluding hydrogens is 384 g/mol. The number of aryl methyl sites for hydroxylation is 2. The minimum Gasteiger partial charge on any atom is -0.469 e. The predicted octanol–water partition coefficient (Wildman–Crippen LogP) is 2.99. The average molecular weight is 408 g/mol. The highest BCUT2D eigenvalue weighted by molar-refractivity contribution is 5.76. The van der Waals surface area contributed by atoms with Crippen molar-refractivity contribution < 1.29 is 13.6 Å². The zero-order chi connectivity index (χ0) is 20.8. The Bertz CT molecular complexity index is 1070. The van der Waals surface area contributed by atoms with Gasteiger partial charge in [0.1, 0.15) is 17.3 Å². The molecule has 30 heavy (non-hydrogen) atoms. The molecular formula is C21H24N6O3. The Kier molecular flexibility index (Phi) is 6.07. The van der Waals surface area contributed by atoms with Gasteiger partial charge in [-0.05, 0) is 49.7 Å². The van der Waals surface area contributed by atoms with E-state index in [1.165, 1.54) is 0 Å². The van der Waals surface area contributed by atoms with Crippen LogP contribution in [0, 0.1) is 0 Å². The van der Waals surface area contributed by atoms with Crippen LogP contribution in [0.5, 0.6) is 0 Å². The van der Waals surface area contributed by atoms with Crippen LogP contribution in [-0.2, 0) is 24.2 Å². The molecule has 0 aromatic carbocycles. The molecule has 0 unspecified atom stereocenters. The van der Waals surface area contributed by atoms with E-state index in [0.717, 1.165) is 24.4 Å². The van der Waals surface area contributed by atoms with Crippen molar-refractivity contribution in [2.45, 2.75) is 45.2 Å². The molecule has 0 saturated heterocycles. The zero-order valence-electron chi connectivity index (χ0n) is 16.7. The molecule has 4 aromatic heterocycles. The Labute approximate surface area is 173 Å². The molecule has 2 N–H and O–H groups in total. The summed E-state index contributed by atoms with van der Waals surface area (Å²) < 4.78 is 12.3. The van der Waals surface area contributed by atoms with E-state index in [2.05, 4.69) is 25.9 Å². The second-order valence-electron chi connectivity index (χ2n) is 7.12. The summed E-state index contributed by atoms with van der Waals surface area (Å²) in [5, 5.41) is 19.1. The summed E-state index contributed by atoms with van der Waals surface area (Å²) in [5.74, 6) is 3.04. The van der Waals surface area contributed by atoms with Crippen molar-refractivity contribution in [2.75, 3.05) is 5.32 Å². The topological polar surface area (TPSA) is 110 Å². The van der Waals surface area contributed by atoms with Crippen molar-refractivity contribution in [2.24, 2.45) is 0 Å². The molecule has 4 rings (SSSR count). The van der Waals surface area contributed by atoms with Crippen molar-refractivity contribution in [3.63, 3.8) is 0 Å². The molecule has 0 saturated carbocycles. The molecule has 0 radical (unpaired) electrons. The molecule has 1 amide bonds. The van der Waals surface area contributed by atoms with Crippen LogP contribution in [0.1, 0.15) is 37.1 Å². The van der Waals surface area contributed by atoms with Crippen LogP contribution < -0.4 is 10.6 Å². The van der Waals surface area contributed by atoms with Crippen LogP contribution >= 0.6 is 0 Å². The number of rotatable bonds is 10. The maximum Gasteiger partial charge on any atom is 0.220 e. The Morgan fingerprint density at radius 1 is 1.07 bits per heavy atom. The molecule has 0 aliphatic carbocycles. The fourth-order valence-electron chi connectivity index (χ4n) is 3.13. The number of furan rings is 2. The van der Waals surface area contributed by atoms with E-state index < -0.39 is 0 Å². The van der Waals surface area contributed by atoms with Gasteiger partial charge in [-0.2, -0.15) is 4.52 Å². The fraction of sp³-hybridized carbons (Fsp3) is 0.333. The standard InChI is InChI=1S/C21H24N6O3/c1-15(6-7-16-4-2-12-29-16)23-21(28)11-10-20-25-24-19-9-8-18(26-27(19)20)22-14-17-5-3-13-30-17/h2-5,8-9,12-13,15H,6-7,10-11,14H2,1H3,(H,22,26)(H,23,28)/t15-/m0/s1. The number of nitrogens with zero attached hydrogens (tertiary/aromatic N) is 4. The van der Waals surface area contributed by atoms with Gasteiger partial charge in [0, 0.05) is 25.3 Å². The van der Waals surface area contributed by atoms with Crippen LogP contribution in [0.2, 0.25) is 0 Å². The normalized spacial score (nSPS) is 12.2. The Balaban J connectivity index is 1.29. The summed E-state index contributed by atoms with van der Waals surface area (Å²) >= 11 is 0. The van der Waals surface area contributed by atoms with Gasteiger partial charge in [0.05, 0.1) is 19.1 Å². The summed E-state index contributed by atoms with van der Waals surface area (Å²) in [6.45, 7) is 2.52. The van der Waals surface area contributed by atoms with Gasteiger partial charge in [-0.3, -0.25) is 4.79 Å². The third-order valence-electron chi connectivity index (χ3n) is 4.74. The zero-order valence-corrected chi connectivity index (χ0v) is 16.7. The second kappa shape index (κ2) is 9.25. The van der Waals surface area contributed by atoms with E-state index in [1.807, 2.05) is 43.3 Å². The predicted molar refractivity (Wildman–Crippen MR) is 110 cm³/mol. The molecule has 4 aromatic rings. The van der Waals surface area contributed by atoms with Gasteiger partial charge in [0.25, 0.3) is 0 Å². The molecule has 0 bridgehead atoms. The number of hydrogen-bond acceptors (Lipinski definition) is 7. The minimum atomic E-state index is -0.0224. The summed E-state index contributed by atoms with van der Waals surface area (Å²) in [6, 6.07) is 11.3. The quantitative estimate of drug-likeness (QED) is 0.415. The van der Waals surface area contributed by atoms with Crippen molar-refractivity contribution in [1.29, 1.82) is 0 Å². The van der Waals surface area contributed by atoms with Gasteiger partial charge in [-0.25, -0.2) is 0 Å². The first-order chi connectivity index (χ1) is 14.7. The molecule has 9 nitrogen and oxygen atoms in total. The number of anilines is 1. The SMILES string of the molecule is C[C@@H](CCc1ccco1)NC(=O)CCc1nnc2ccc(NCc3ccco3)nn12. The van der Waals surface area contributed by atoms with E-state index in [1.54, 1.807) is 17.0 Å². The smallest absolute Gasteiger partial charge is 0.220 e. The lowest BCUT2D eigenvalue weighted by Gasteiger charge is -2.12. The third-order valence-corrected chi connectivity index (χ3v) is 4.74. The van der Waals surface area contributed by atoms with Gasteiger partial charge < -0.3 is 19.5 Å². The molecule has 4 heterocycles. The summed E-state index contributed by atoms with van der Waals surface area (Å²) in [5.41, 5.74) is 0.640. The molecule has 9 heteroatoms. The van der Waals surface area contributed by atoms with Crippen molar-refractivity contribution in [1.82, 2.24) is 25.1 Å². The number of hydrogen-bond donors (Lipinski definition) is 2. The van der Waals surface area contributed by atoms with Crippen molar-refractivity contribution in [3.8, 4) is 0 Å². The minimum absolute atomic E-state index is 0.0224. The second-order valence-corrected chi connectivity index (χ2v) is 7.12. The highest BCUT2D eigenvalue weighted by Crippen LogP contribution is 2.11. The molecule has 0 aliphatic rings. The molecule has 156 valence electrons. The number of fused-ring (bicyclic) bond motifs is 1. The number of aromatic nitrogens is 4. The first-order valence-corrected chi connectivity index (χ1v) is 9.97. The van der Waals surface area contributed by atoms with E-state index in [-0.39, 0.29) is 11.9 Å². The largest absolute Gasteiger partial charge is 0.469 e. The Morgan fingerprint density at radius 3 is 2.63 bits per heavy atom. The molecule has 0 spiro atoms. The Hall–Kier alpha value is -3.62. The molecule has 0 fully saturated rings. The maximum atomic E-state index is 12.3. The molecule has 1 atom stereocenters. The average Bonchev–Trinajstić information content (AvgIpc) is 3.51. The van der Waals surface area contributed by atoms with Gasteiger partial charge in [0.2, 0.25) is 5.91 Å². The highest BCUT2D eigenvalue weighted by atomic mass is 16.3. The number of carbonyl (C=O) groups excluding carboxylic acids is 1. The van der Waals surface area contributed by atoms with Crippen LogP contribution in [0.25, 0.3) is 5.65 Å². The first kappa shape index (κ1) is 19.7. The lowest BCUT2D eigenvalue weighted by molar-refractivity contribution is -0.121. The lowest BCUT2D eigenvalue weighted by Crippen LogP contribution is -2.33. The monoisotopic (exact) mass is 408 g/mol. The van der Waals surface area contributed by atoms with Crippen LogP contribution in [-0.4, -0.2) is 31.8 Å². The van der Waals surface area contributed by atoms with Crippen molar-refractivity contribution in [3.05, 3.63) is 66.3 Å². The lowest BCUT2D eigenvalue weighted by atomic mass is 10.1. The van der Waals surface area contributed by atoms with Gasteiger partial charge in [-0.15, -0.1) is 15.3 Å². The van der Waals surface area contributed by atoms with E-state index in [9.17, 15) is 4.79 Å². The first-order valence-electron chi connectivity index (χ1n) is 9.97. The van der Waals surface area contributed by atoms with Gasteiger partial charge in [0.15, 0.2) is 11.5 Å². The van der Waals surface area contributed by atoms with E-state index in [0.29, 0.717) is 36.7 Å². The van der Waals surface area contributed by atoms with Crippen molar-refractivity contribution >= 4 is 17.4 Å². The van der Waals surface area contributed by atoms with Gasteiger partial charge >= 0.3 is 0 Å². The number of amides is 1. The highest BCUT2D eigenvalue weighted by Gasteiger charge is 2.12. The summed E-state index contributed by atoms with van der Waals surface area (Å²) in [4.78, 5) is 12.3. The van der Waals surface area contributed by atoms with Crippen LogP contribution in [0.3, 0.4) is 0 Å². The number of nitrogens with one attached hydrogen (secondary N) is 2. The summed E-state index contributed by atoms with van der Waals surface area (Å²) in [7, 11) is 0. The Morgan fingerprint density at radius 2 is 1.87 bits per heavy atom. The summed E-state index contributed by atoms with van der Waals surface area (Å²) in [6.07, 6.45) is 5.67. The van der Waals surface area contributed by atoms with E-state index >= 15 is 0 Å². The van der Waals surface area contributed by atoms with Crippen LogP contribution in [0.15, 0.2) is 57.8 Å². The van der Waals surface area contributed by atoms with Crippen LogP contribution in [0.4, 0.5) is 5.82 Å². The maximum absolute atomic E-state index is 12.3. The fourth-order valence-corrected chi connectivity index (χ4v) is 3.13. The van der Waals surface area contributed by atoms with Gasteiger partial charge in [-0.1, -0.05) is 0 Å². The van der Waals surface area contributed by atoms with E-state index in [4.69, 9.17) is 8.83 Å². The number of carbonyl (C=O) groups is 1.